The Balaban J connectivity index is 2.20. The van der Waals surface area contributed by atoms with Gasteiger partial charge in [0.05, 0.1) is 0 Å². The summed E-state index contributed by atoms with van der Waals surface area (Å²) in [4.78, 5) is 12.9. The second-order valence-electron chi connectivity index (χ2n) is 4.46. The molecule has 0 N–H and O–H groups in total. The summed E-state index contributed by atoms with van der Waals surface area (Å²) < 4.78 is 1.20. The molecule has 0 bridgehead atoms. The van der Waals surface area contributed by atoms with Gasteiger partial charge < -0.3 is 4.90 Å². The zero-order chi connectivity index (χ0) is 12.3. The van der Waals surface area contributed by atoms with Crippen LogP contribution < -0.4 is 0 Å². The number of carbonyl (C=O) groups excluding carboxylic acids is 1. The average molecular weight is 294 g/mol. The Kier molecular flexibility index (Phi) is 4.13. The molecule has 1 saturated heterocycles. The van der Waals surface area contributed by atoms with Gasteiger partial charge in [-0.3, -0.25) is 4.79 Å². The SMILES string of the molecule is CN1CCC(=C(Br)c2ccc(C=O)cc2)CC1. The molecule has 1 aliphatic rings. The van der Waals surface area contributed by atoms with E-state index in [1.54, 1.807) is 0 Å². The average Bonchev–Trinajstić information content (AvgIpc) is 2.39. The van der Waals surface area contributed by atoms with Crippen molar-refractivity contribution in [3.05, 3.63) is 41.0 Å². The summed E-state index contributed by atoms with van der Waals surface area (Å²) in [5.74, 6) is 0. The van der Waals surface area contributed by atoms with Crippen LogP contribution in [0.1, 0.15) is 28.8 Å². The predicted molar refractivity (Wildman–Crippen MR) is 74.4 cm³/mol. The zero-order valence-electron chi connectivity index (χ0n) is 9.95. The summed E-state index contributed by atoms with van der Waals surface area (Å²) in [6.45, 7) is 2.24. The maximum atomic E-state index is 10.6. The standard InChI is InChI=1S/C14H16BrNO/c1-16-8-6-13(7-9-16)14(15)12-4-2-11(10-17)3-5-12/h2-5,10H,6-9H2,1H3. The van der Waals surface area contributed by atoms with Gasteiger partial charge in [-0.1, -0.05) is 45.8 Å². The van der Waals surface area contributed by atoms with Gasteiger partial charge >= 0.3 is 0 Å². The Labute approximate surface area is 110 Å². The summed E-state index contributed by atoms with van der Waals surface area (Å²) >= 11 is 3.69. The van der Waals surface area contributed by atoms with Crippen LogP contribution in [-0.4, -0.2) is 31.3 Å². The number of likely N-dealkylation sites (tertiary alicyclic amines) is 1. The highest BCUT2D eigenvalue weighted by atomic mass is 79.9. The fraction of sp³-hybridized carbons (Fsp3) is 0.357. The molecule has 2 rings (SSSR count). The molecule has 2 nitrogen and oxygen atoms in total. The summed E-state index contributed by atoms with van der Waals surface area (Å²) in [6.07, 6.45) is 3.11. The van der Waals surface area contributed by atoms with Crippen LogP contribution in [0, 0.1) is 0 Å². The molecule has 0 unspecified atom stereocenters. The van der Waals surface area contributed by atoms with E-state index in [0.29, 0.717) is 0 Å². The van der Waals surface area contributed by atoms with Gasteiger partial charge in [0.1, 0.15) is 6.29 Å². The number of aldehydes is 1. The number of halogens is 1. The Morgan fingerprint density at radius 2 is 1.82 bits per heavy atom. The molecule has 1 aromatic rings. The van der Waals surface area contributed by atoms with E-state index in [1.807, 2.05) is 24.3 Å². The lowest BCUT2D eigenvalue weighted by Crippen LogP contribution is -2.26. The van der Waals surface area contributed by atoms with E-state index in [4.69, 9.17) is 0 Å². The van der Waals surface area contributed by atoms with Crippen molar-refractivity contribution in [2.45, 2.75) is 12.8 Å². The molecule has 17 heavy (non-hydrogen) atoms. The predicted octanol–water partition coefficient (Wildman–Crippen LogP) is 3.33. The Morgan fingerprint density at radius 3 is 2.35 bits per heavy atom. The van der Waals surface area contributed by atoms with Crippen LogP contribution in [0.3, 0.4) is 0 Å². The largest absolute Gasteiger partial charge is 0.306 e. The quantitative estimate of drug-likeness (QED) is 0.780. The monoisotopic (exact) mass is 293 g/mol. The summed E-state index contributed by atoms with van der Waals surface area (Å²) in [7, 11) is 2.16. The molecule has 1 fully saturated rings. The van der Waals surface area contributed by atoms with Crippen molar-refractivity contribution in [3.63, 3.8) is 0 Å². The number of benzene rings is 1. The van der Waals surface area contributed by atoms with E-state index in [0.717, 1.165) is 43.3 Å². The van der Waals surface area contributed by atoms with Crippen LogP contribution in [0.15, 0.2) is 29.8 Å². The molecular formula is C14H16BrNO. The van der Waals surface area contributed by atoms with Gasteiger partial charge in [-0.05, 0) is 25.5 Å². The van der Waals surface area contributed by atoms with Crippen LogP contribution >= 0.6 is 15.9 Å². The number of rotatable bonds is 2. The van der Waals surface area contributed by atoms with Crippen molar-refractivity contribution < 1.29 is 4.79 Å². The van der Waals surface area contributed by atoms with Gasteiger partial charge in [-0.15, -0.1) is 0 Å². The third-order valence-electron chi connectivity index (χ3n) is 3.20. The van der Waals surface area contributed by atoms with Gasteiger partial charge in [0.15, 0.2) is 0 Å². The minimum Gasteiger partial charge on any atom is -0.306 e. The maximum Gasteiger partial charge on any atom is 0.150 e. The number of piperidine rings is 1. The van der Waals surface area contributed by atoms with E-state index in [1.165, 1.54) is 10.1 Å². The molecular weight excluding hydrogens is 278 g/mol. The highest BCUT2D eigenvalue weighted by Crippen LogP contribution is 2.30. The normalized spacial score (nSPS) is 16.9. The van der Waals surface area contributed by atoms with E-state index in [-0.39, 0.29) is 0 Å². The minimum atomic E-state index is 0.724. The summed E-state index contributed by atoms with van der Waals surface area (Å²) in [5, 5.41) is 0. The molecule has 1 heterocycles. The highest BCUT2D eigenvalue weighted by molar-refractivity contribution is 9.15. The number of nitrogens with zero attached hydrogens (tertiary/aromatic N) is 1. The van der Waals surface area contributed by atoms with E-state index >= 15 is 0 Å². The first-order valence-corrected chi connectivity index (χ1v) is 6.61. The van der Waals surface area contributed by atoms with Crippen LogP contribution in [0.4, 0.5) is 0 Å². The smallest absolute Gasteiger partial charge is 0.150 e. The fourth-order valence-electron chi connectivity index (χ4n) is 2.02. The molecule has 0 aliphatic carbocycles. The van der Waals surface area contributed by atoms with Crippen LogP contribution in [0.25, 0.3) is 4.48 Å². The lowest BCUT2D eigenvalue weighted by atomic mass is 10.0. The fourth-order valence-corrected chi connectivity index (χ4v) is 2.68. The summed E-state index contributed by atoms with van der Waals surface area (Å²) in [6, 6.07) is 7.72. The molecule has 1 aliphatic heterocycles. The van der Waals surface area contributed by atoms with Crippen molar-refractivity contribution in [3.8, 4) is 0 Å². The van der Waals surface area contributed by atoms with Gasteiger partial charge in [-0.2, -0.15) is 0 Å². The molecule has 0 amide bonds. The molecule has 0 spiro atoms. The highest BCUT2D eigenvalue weighted by Gasteiger charge is 2.13. The molecule has 0 atom stereocenters. The first kappa shape index (κ1) is 12.5. The number of hydrogen-bond acceptors (Lipinski definition) is 2. The van der Waals surface area contributed by atoms with Crippen molar-refractivity contribution >= 4 is 26.7 Å². The zero-order valence-corrected chi connectivity index (χ0v) is 11.5. The van der Waals surface area contributed by atoms with Gasteiger partial charge in [-0.25, -0.2) is 0 Å². The minimum absolute atomic E-state index is 0.724. The van der Waals surface area contributed by atoms with Gasteiger partial charge in [0, 0.05) is 23.1 Å². The Bertz CT molecular complexity index is 426. The van der Waals surface area contributed by atoms with Crippen molar-refractivity contribution in [1.29, 1.82) is 0 Å². The van der Waals surface area contributed by atoms with Crippen LogP contribution in [0.2, 0.25) is 0 Å². The van der Waals surface area contributed by atoms with Crippen LogP contribution in [0.5, 0.6) is 0 Å². The Morgan fingerprint density at radius 1 is 1.24 bits per heavy atom. The molecule has 0 saturated carbocycles. The second kappa shape index (κ2) is 5.61. The number of hydrogen-bond donors (Lipinski definition) is 0. The lowest BCUT2D eigenvalue weighted by Gasteiger charge is -2.25. The maximum absolute atomic E-state index is 10.6. The van der Waals surface area contributed by atoms with Crippen molar-refractivity contribution in [2.24, 2.45) is 0 Å². The van der Waals surface area contributed by atoms with Crippen LogP contribution in [-0.2, 0) is 0 Å². The molecule has 3 heteroatoms. The van der Waals surface area contributed by atoms with E-state index in [9.17, 15) is 4.79 Å². The first-order valence-electron chi connectivity index (χ1n) is 5.82. The topological polar surface area (TPSA) is 20.3 Å². The third kappa shape index (κ3) is 3.05. The van der Waals surface area contributed by atoms with Gasteiger partial charge in [0.2, 0.25) is 0 Å². The molecule has 90 valence electrons. The summed E-state index contributed by atoms with van der Waals surface area (Å²) in [5.41, 5.74) is 3.36. The van der Waals surface area contributed by atoms with Gasteiger partial charge in [0.25, 0.3) is 0 Å². The van der Waals surface area contributed by atoms with E-state index < -0.39 is 0 Å². The number of carbonyl (C=O) groups is 1. The van der Waals surface area contributed by atoms with Crippen molar-refractivity contribution in [1.82, 2.24) is 4.90 Å². The lowest BCUT2D eigenvalue weighted by molar-refractivity contribution is 0.112. The Hall–Kier alpha value is -0.930. The first-order chi connectivity index (χ1) is 8.20. The molecule has 1 aromatic carbocycles. The third-order valence-corrected chi connectivity index (χ3v) is 4.22. The molecule has 0 radical (unpaired) electrons. The van der Waals surface area contributed by atoms with E-state index in [2.05, 4.69) is 27.9 Å². The van der Waals surface area contributed by atoms with Crippen molar-refractivity contribution in [2.75, 3.05) is 20.1 Å². The second-order valence-corrected chi connectivity index (χ2v) is 5.25. The molecule has 0 aromatic heterocycles.